The smallest absolute Gasteiger partial charge is 0.265 e. The molecule has 1 rings (SSSR count). The number of carbonyl (C=O) groups is 1. The number of carbonyl (C=O) groups excluding carboxylic acids is 1. The number of nitrogens with zero attached hydrogens (tertiary/aromatic N) is 1. The fraction of sp³-hybridized carbons (Fsp3) is 0.455. The van der Waals surface area contributed by atoms with Crippen LogP contribution in [0.5, 0.6) is 0 Å². The Balaban J connectivity index is 2.65. The molecular weight excluding hydrogens is 236 g/mol. The number of allylic oxidation sites excluding steroid dienone is 1. The normalized spacial score (nSPS) is 9.82. The number of hydrogen-bond donors (Lipinski definition) is 3. The molecule has 0 bridgehead atoms. The third kappa shape index (κ3) is 4.07. The summed E-state index contributed by atoms with van der Waals surface area (Å²) in [4.78, 5) is 16.3. The molecule has 1 aromatic heterocycles. The maximum absolute atomic E-state index is 11.8. The zero-order chi connectivity index (χ0) is 12.8. The number of rotatable bonds is 5. The van der Waals surface area contributed by atoms with Crippen molar-refractivity contribution in [2.24, 2.45) is 0 Å². The molecule has 0 aliphatic carbocycles. The van der Waals surface area contributed by atoms with Crippen LogP contribution in [0.25, 0.3) is 0 Å². The molecule has 0 unspecified atom stereocenters. The Hall–Kier alpha value is -1.56. The Bertz CT molecular complexity index is 421. The van der Waals surface area contributed by atoms with E-state index < -0.39 is 0 Å². The van der Waals surface area contributed by atoms with Crippen LogP contribution in [-0.2, 0) is 0 Å². The topological polar surface area (TPSA) is 80.0 Å². The minimum Gasteiger partial charge on any atom is -0.382 e. The molecule has 6 heteroatoms. The van der Waals surface area contributed by atoms with Crippen LogP contribution < -0.4 is 16.4 Å². The number of nitrogens with two attached hydrogens (primary N) is 1. The van der Waals surface area contributed by atoms with Crippen LogP contribution in [0.3, 0.4) is 0 Å². The summed E-state index contributed by atoms with van der Waals surface area (Å²) < 4.78 is 0. The van der Waals surface area contributed by atoms with Crippen LogP contribution in [0.2, 0.25) is 0 Å². The lowest BCUT2D eigenvalue weighted by molar-refractivity contribution is 0.0962. The molecule has 0 aliphatic heterocycles. The van der Waals surface area contributed by atoms with E-state index in [4.69, 9.17) is 5.73 Å². The summed E-state index contributed by atoms with van der Waals surface area (Å²) in [5, 5.41) is 6.49. The van der Waals surface area contributed by atoms with Gasteiger partial charge in [-0.2, -0.15) is 0 Å². The molecule has 0 aromatic carbocycles. The van der Waals surface area contributed by atoms with E-state index in [-0.39, 0.29) is 11.7 Å². The average Bonchev–Trinajstić information content (AvgIpc) is 2.59. The number of nitrogens with one attached hydrogen (secondary N) is 2. The standard InChI is InChI=1S/C11H18N4OS/c1-4-13-11-15-9(12)8(17-11)10(16)14-6-5-7(2)3/h5H,4,6,12H2,1-3H3,(H,13,15)(H,14,16). The fourth-order valence-electron chi connectivity index (χ4n) is 1.15. The van der Waals surface area contributed by atoms with Crippen LogP contribution in [0, 0.1) is 0 Å². The molecular formula is C11H18N4OS. The van der Waals surface area contributed by atoms with Gasteiger partial charge in [0.1, 0.15) is 10.7 Å². The lowest BCUT2D eigenvalue weighted by atomic mass is 10.3. The molecule has 1 heterocycles. The molecule has 0 aliphatic rings. The lowest BCUT2D eigenvalue weighted by Crippen LogP contribution is -2.23. The van der Waals surface area contributed by atoms with Gasteiger partial charge in [0.2, 0.25) is 0 Å². The van der Waals surface area contributed by atoms with E-state index in [0.29, 0.717) is 16.6 Å². The summed E-state index contributed by atoms with van der Waals surface area (Å²) in [6.45, 7) is 7.19. The Morgan fingerprint density at radius 3 is 2.82 bits per heavy atom. The predicted molar refractivity (Wildman–Crippen MR) is 72.5 cm³/mol. The molecule has 1 aromatic rings. The lowest BCUT2D eigenvalue weighted by Gasteiger charge is -2.00. The van der Waals surface area contributed by atoms with Gasteiger partial charge in [-0.1, -0.05) is 23.0 Å². The van der Waals surface area contributed by atoms with Crippen molar-refractivity contribution >= 4 is 28.2 Å². The van der Waals surface area contributed by atoms with E-state index in [9.17, 15) is 4.79 Å². The van der Waals surface area contributed by atoms with Gasteiger partial charge in [-0.05, 0) is 20.8 Å². The van der Waals surface area contributed by atoms with Crippen LogP contribution in [0.1, 0.15) is 30.4 Å². The van der Waals surface area contributed by atoms with Gasteiger partial charge in [0.05, 0.1) is 0 Å². The van der Waals surface area contributed by atoms with Gasteiger partial charge >= 0.3 is 0 Å². The predicted octanol–water partition coefficient (Wildman–Crippen LogP) is 1.85. The largest absolute Gasteiger partial charge is 0.382 e. The van der Waals surface area contributed by atoms with Gasteiger partial charge in [-0.15, -0.1) is 0 Å². The molecule has 1 amide bonds. The van der Waals surface area contributed by atoms with Crippen LogP contribution in [0.4, 0.5) is 10.9 Å². The first-order valence-corrected chi connectivity index (χ1v) is 6.28. The summed E-state index contributed by atoms with van der Waals surface area (Å²) in [5.41, 5.74) is 6.85. The molecule has 0 saturated carbocycles. The molecule has 0 spiro atoms. The van der Waals surface area contributed by atoms with E-state index in [0.717, 1.165) is 12.1 Å². The molecule has 5 nitrogen and oxygen atoms in total. The third-order valence-electron chi connectivity index (χ3n) is 1.96. The SMILES string of the molecule is CCNc1nc(N)c(C(=O)NCC=C(C)C)s1. The van der Waals surface area contributed by atoms with Gasteiger partial charge in [-0.3, -0.25) is 4.79 Å². The summed E-state index contributed by atoms with van der Waals surface area (Å²) in [6.07, 6.45) is 1.94. The molecule has 0 radical (unpaired) electrons. The highest BCUT2D eigenvalue weighted by Gasteiger charge is 2.14. The van der Waals surface area contributed by atoms with Crippen molar-refractivity contribution in [1.29, 1.82) is 0 Å². The van der Waals surface area contributed by atoms with Crippen molar-refractivity contribution in [2.75, 3.05) is 24.1 Å². The first kappa shape index (κ1) is 13.5. The van der Waals surface area contributed by atoms with Crippen molar-refractivity contribution in [3.05, 3.63) is 16.5 Å². The second-order valence-electron chi connectivity index (χ2n) is 3.76. The third-order valence-corrected chi connectivity index (χ3v) is 2.99. The van der Waals surface area contributed by atoms with Crippen LogP contribution in [-0.4, -0.2) is 24.0 Å². The summed E-state index contributed by atoms with van der Waals surface area (Å²) >= 11 is 1.27. The number of hydrogen-bond acceptors (Lipinski definition) is 5. The van der Waals surface area contributed by atoms with Gasteiger partial charge in [0.25, 0.3) is 5.91 Å². The average molecular weight is 254 g/mol. The van der Waals surface area contributed by atoms with E-state index in [2.05, 4.69) is 15.6 Å². The molecule has 17 heavy (non-hydrogen) atoms. The molecule has 4 N–H and O–H groups in total. The van der Waals surface area contributed by atoms with Gasteiger partial charge in [-0.25, -0.2) is 4.98 Å². The molecule has 0 fully saturated rings. The van der Waals surface area contributed by atoms with Crippen molar-refractivity contribution in [3.63, 3.8) is 0 Å². The Labute approximate surface area is 105 Å². The highest BCUT2D eigenvalue weighted by molar-refractivity contribution is 7.18. The van der Waals surface area contributed by atoms with Crippen LogP contribution >= 0.6 is 11.3 Å². The fourth-order valence-corrected chi connectivity index (χ4v) is 2.02. The molecule has 0 atom stereocenters. The summed E-state index contributed by atoms with van der Waals surface area (Å²) in [6, 6.07) is 0. The minimum absolute atomic E-state index is 0.179. The first-order valence-electron chi connectivity index (χ1n) is 5.46. The Morgan fingerprint density at radius 2 is 2.24 bits per heavy atom. The number of thiazole rings is 1. The summed E-state index contributed by atoms with van der Waals surface area (Å²) in [7, 11) is 0. The number of anilines is 2. The zero-order valence-corrected chi connectivity index (χ0v) is 11.1. The van der Waals surface area contributed by atoms with Crippen LogP contribution in [0.15, 0.2) is 11.6 Å². The number of aromatic nitrogens is 1. The minimum atomic E-state index is -0.179. The maximum Gasteiger partial charge on any atom is 0.265 e. The van der Waals surface area contributed by atoms with Crippen molar-refractivity contribution in [3.8, 4) is 0 Å². The number of nitrogen functional groups attached to an aromatic ring is 1. The second-order valence-corrected chi connectivity index (χ2v) is 4.75. The van der Waals surface area contributed by atoms with Crippen molar-refractivity contribution in [2.45, 2.75) is 20.8 Å². The molecule has 94 valence electrons. The second kappa shape index (κ2) is 6.24. The van der Waals surface area contributed by atoms with E-state index in [1.54, 1.807) is 0 Å². The van der Waals surface area contributed by atoms with E-state index in [1.807, 2.05) is 26.8 Å². The summed E-state index contributed by atoms with van der Waals surface area (Å²) in [5.74, 6) is 0.0994. The van der Waals surface area contributed by atoms with Crippen molar-refractivity contribution in [1.82, 2.24) is 10.3 Å². The monoisotopic (exact) mass is 254 g/mol. The number of amides is 1. The van der Waals surface area contributed by atoms with Gasteiger partial charge in [0, 0.05) is 13.1 Å². The highest BCUT2D eigenvalue weighted by atomic mass is 32.1. The van der Waals surface area contributed by atoms with Crippen molar-refractivity contribution < 1.29 is 4.79 Å². The highest BCUT2D eigenvalue weighted by Crippen LogP contribution is 2.24. The zero-order valence-electron chi connectivity index (χ0n) is 10.3. The molecule has 0 saturated heterocycles. The van der Waals surface area contributed by atoms with Gasteiger partial charge < -0.3 is 16.4 Å². The quantitative estimate of drug-likeness (QED) is 0.701. The maximum atomic E-state index is 11.8. The Kier molecular flexibility index (Phi) is 4.96. The van der Waals surface area contributed by atoms with E-state index >= 15 is 0 Å². The van der Waals surface area contributed by atoms with E-state index in [1.165, 1.54) is 11.3 Å². The first-order chi connectivity index (χ1) is 8.04. The Morgan fingerprint density at radius 1 is 1.53 bits per heavy atom. The van der Waals surface area contributed by atoms with Gasteiger partial charge in [0.15, 0.2) is 5.13 Å².